The molecule has 0 bridgehead atoms. The van der Waals surface area contributed by atoms with Crippen LogP contribution in [-0.4, -0.2) is 19.2 Å². The van der Waals surface area contributed by atoms with E-state index in [1.54, 1.807) is 18.2 Å². The summed E-state index contributed by atoms with van der Waals surface area (Å²) in [6.45, 7) is 0. The van der Waals surface area contributed by atoms with Crippen molar-refractivity contribution in [1.82, 2.24) is 0 Å². The van der Waals surface area contributed by atoms with Gasteiger partial charge >= 0.3 is 5.97 Å². The summed E-state index contributed by atoms with van der Waals surface area (Å²) in [4.78, 5) is 11.1. The van der Waals surface area contributed by atoms with Crippen molar-refractivity contribution in [2.45, 2.75) is 12.2 Å². The van der Waals surface area contributed by atoms with Crippen molar-refractivity contribution >= 4 is 29.2 Å². The summed E-state index contributed by atoms with van der Waals surface area (Å²) in [6.07, 6.45) is -0.837. The average Bonchev–Trinajstić information content (AvgIpc) is 2.96. The van der Waals surface area contributed by atoms with Crippen LogP contribution in [0.4, 0.5) is 0 Å². The van der Waals surface area contributed by atoms with Crippen molar-refractivity contribution in [3.8, 4) is 0 Å². The molecule has 0 aromatic heterocycles. The zero-order valence-electron chi connectivity index (χ0n) is 7.87. The molecular formula is C10H8Cl2O3. The highest BCUT2D eigenvalue weighted by molar-refractivity contribution is 6.35. The Bertz CT molecular complexity index is 406. The predicted molar refractivity (Wildman–Crippen MR) is 56.1 cm³/mol. The lowest BCUT2D eigenvalue weighted by Crippen LogP contribution is -2.09. The molecule has 0 radical (unpaired) electrons. The van der Waals surface area contributed by atoms with E-state index >= 15 is 0 Å². The minimum Gasteiger partial charge on any atom is -0.467 e. The third kappa shape index (κ3) is 2.09. The first-order chi connectivity index (χ1) is 7.13. The van der Waals surface area contributed by atoms with Gasteiger partial charge in [0.05, 0.1) is 7.11 Å². The molecule has 80 valence electrons. The summed E-state index contributed by atoms with van der Waals surface area (Å²) in [5.74, 6) is -0.383. The summed E-state index contributed by atoms with van der Waals surface area (Å²) in [6, 6.07) is 5.07. The highest BCUT2D eigenvalue weighted by Crippen LogP contribution is 2.42. The smallest absolute Gasteiger partial charge is 0.338 e. The molecule has 2 rings (SSSR count). The number of hydrogen-bond donors (Lipinski definition) is 0. The van der Waals surface area contributed by atoms with Gasteiger partial charge in [-0.25, -0.2) is 4.79 Å². The minimum absolute atomic E-state index is 0.304. The molecule has 1 aliphatic heterocycles. The fraction of sp³-hybridized carbons (Fsp3) is 0.300. The van der Waals surface area contributed by atoms with Gasteiger partial charge in [-0.3, -0.25) is 0 Å². The molecule has 1 saturated heterocycles. The Balaban J connectivity index is 2.16. The van der Waals surface area contributed by atoms with Gasteiger partial charge in [0.15, 0.2) is 6.10 Å². The van der Waals surface area contributed by atoms with E-state index in [1.807, 2.05) is 0 Å². The zero-order valence-corrected chi connectivity index (χ0v) is 9.38. The van der Waals surface area contributed by atoms with Gasteiger partial charge in [-0.05, 0) is 12.1 Å². The molecule has 0 spiro atoms. The Morgan fingerprint density at radius 3 is 2.80 bits per heavy atom. The largest absolute Gasteiger partial charge is 0.467 e. The molecule has 1 heterocycles. The number of benzene rings is 1. The van der Waals surface area contributed by atoms with Crippen LogP contribution in [0.3, 0.4) is 0 Å². The third-order valence-electron chi connectivity index (χ3n) is 2.19. The lowest BCUT2D eigenvalue weighted by molar-refractivity contribution is -0.142. The molecular weight excluding hydrogens is 239 g/mol. The van der Waals surface area contributed by atoms with Gasteiger partial charge in [-0.2, -0.15) is 0 Å². The Hall–Kier alpha value is -0.770. The van der Waals surface area contributed by atoms with Gasteiger partial charge < -0.3 is 9.47 Å². The van der Waals surface area contributed by atoms with Crippen LogP contribution in [-0.2, 0) is 14.3 Å². The van der Waals surface area contributed by atoms with Crippen molar-refractivity contribution < 1.29 is 14.3 Å². The molecule has 15 heavy (non-hydrogen) atoms. The van der Waals surface area contributed by atoms with E-state index in [2.05, 4.69) is 4.74 Å². The maximum absolute atomic E-state index is 11.1. The molecule has 0 saturated carbocycles. The van der Waals surface area contributed by atoms with Gasteiger partial charge in [0.1, 0.15) is 6.10 Å². The van der Waals surface area contributed by atoms with Gasteiger partial charge in [0.2, 0.25) is 0 Å². The highest BCUT2D eigenvalue weighted by Gasteiger charge is 2.48. The molecule has 0 aliphatic carbocycles. The van der Waals surface area contributed by atoms with Crippen molar-refractivity contribution in [3.63, 3.8) is 0 Å². The Morgan fingerprint density at radius 1 is 1.47 bits per heavy atom. The molecule has 1 aliphatic rings. The van der Waals surface area contributed by atoms with Gasteiger partial charge in [0, 0.05) is 15.6 Å². The van der Waals surface area contributed by atoms with Crippen LogP contribution in [0.1, 0.15) is 11.7 Å². The summed E-state index contributed by atoms with van der Waals surface area (Å²) in [7, 11) is 1.32. The van der Waals surface area contributed by atoms with Crippen LogP contribution < -0.4 is 0 Å². The van der Waals surface area contributed by atoms with E-state index in [0.717, 1.165) is 5.56 Å². The van der Waals surface area contributed by atoms with Gasteiger partial charge in [-0.15, -0.1) is 0 Å². The Kier molecular flexibility index (Phi) is 2.87. The highest BCUT2D eigenvalue weighted by atomic mass is 35.5. The minimum atomic E-state index is -0.534. The fourth-order valence-corrected chi connectivity index (χ4v) is 1.89. The quantitative estimate of drug-likeness (QED) is 0.595. The van der Waals surface area contributed by atoms with Crippen LogP contribution >= 0.6 is 23.2 Å². The molecule has 2 atom stereocenters. The van der Waals surface area contributed by atoms with E-state index in [0.29, 0.717) is 10.0 Å². The number of ether oxygens (including phenoxy) is 2. The SMILES string of the molecule is COC(=O)C1OC1c1ccc(Cl)cc1Cl. The van der Waals surface area contributed by atoms with Crippen LogP contribution in [0.15, 0.2) is 18.2 Å². The van der Waals surface area contributed by atoms with E-state index in [1.165, 1.54) is 7.11 Å². The van der Waals surface area contributed by atoms with Crippen molar-refractivity contribution in [3.05, 3.63) is 33.8 Å². The number of epoxide rings is 1. The standard InChI is InChI=1S/C10H8Cl2O3/c1-14-10(13)9-8(15-9)6-3-2-5(11)4-7(6)12/h2-4,8-9H,1H3. The van der Waals surface area contributed by atoms with Crippen LogP contribution in [0.5, 0.6) is 0 Å². The summed E-state index contributed by atoms with van der Waals surface area (Å²) in [5, 5.41) is 1.05. The summed E-state index contributed by atoms with van der Waals surface area (Å²) >= 11 is 11.7. The molecule has 3 nitrogen and oxygen atoms in total. The first kappa shape index (κ1) is 10.7. The Labute approximate surface area is 96.9 Å². The zero-order chi connectivity index (χ0) is 11.0. The number of hydrogen-bond acceptors (Lipinski definition) is 3. The number of carbonyl (C=O) groups is 1. The number of esters is 1. The van der Waals surface area contributed by atoms with E-state index in [-0.39, 0.29) is 12.1 Å². The molecule has 2 unspecified atom stereocenters. The van der Waals surface area contributed by atoms with Gasteiger partial charge in [0.25, 0.3) is 0 Å². The maximum atomic E-state index is 11.1. The monoisotopic (exact) mass is 246 g/mol. The van der Waals surface area contributed by atoms with Gasteiger partial charge in [-0.1, -0.05) is 29.3 Å². The second kappa shape index (κ2) is 4.00. The summed E-state index contributed by atoms with van der Waals surface area (Å²) < 4.78 is 9.73. The molecule has 0 amide bonds. The number of methoxy groups -OCH3 is 1. The van der Waals surface area contributed by atoms with Crippen molar-refractivity contribution in [2.75, 3.05) is 7.11 Å². The normalized spacial score (nSPS) is 23.7. The number of halogens is 2. The van der Waals surface area contributed by atoms with E-state index in [4.69, 9.17) is 27.9 Å². The lowest BCUT2D eigenvalue weighted by Gasteiger charge is -2.00. The topological polar surface area (TPSA) is 38.8 Å². The van der Waals surface area contributed by atoms with Crippen LogP contribution in [0.2, 0.25) is 10.0 Å². The van der Waals surface area contributed by atoms with Crippen LogP contribution in [0.25, 0.3) is 0 Å². The number of rotatable bonds is 2. The van der Waals surface area contributed by atoms with E-state index < -0.39 is 6.10 Å². The summed E-state index contributed by atoms with van der Waals surface area (Å²) in [5.41, 5.74) is 0.761. The first-order valence-corrected chi connectivity index (χ1v) is 5.07. The average molecular weight is 247 g/mol. The fourth-order valence-electron chi connectivity index (χ4n) is 1.38. The molecule has 0 N–H and O–H groups in total. The first-order valence-electron chi connectivity index (χ1n) is 4.31. The van der Waals surface area contributed by atoms with Crippen molar-refractivity contribution in [2.24, 2.45) is 0 Å². The molecule has 1 aromatic rings. The molecule has 5 heteroatoms. The third-order valence-corrected chi connectivity index (χ3v) is 2.76. The maximum Gasteiger partial charge on any atom is 0.338 e. The lowest BCUT2D eigenvalue weighted by atomic mass is 10.1. The second-order valence-electron chi connectivity index (χ2n) is 3.17. The van der Waals surface area contributed by atoms with E-state index in [9.17, 15) is 4.79 Å². The number of carbonyl (C=O) groups excluding carboxylic acids is 1. The molecule has 1 fully saturated rings. The van der Waals surface area contributed by atoms with Crippen LogP contribution in [0, 0.1) is 0 Å². The van der Waals surface area contributed by atoms with Crippen molar-refractivity contribution in [1.29, 1.82) is 0 Å². The Morgan fingerprint density at radius 2 is 2.20 bits per heavy atom. The predicted octanol–water partition coefficient (Wildman–Crippen LogP) is 2.61. The molecule has 1 aromatic carbocycles. The second-order valence-corrected chi connectivity index (χ2v) is 4.01.